The second kappa shape index (κ2) is 12.2. The van der Waals surface area contributed by atoms with Crippen LogP contribution in [0.2, 0.25) is 0 Å². The first-order valence-corrected chi connectivity index (χ1v) is 12.0. The number of amides is 1. The van der Waals surface area contributed by atoms with Gasteiger partial charge in [0, 0.05) is 25.1 Å². The van der Waals surface area contributed by atoms with Crippen LogP contribution < -0.4 is 9.47 Å². The quantitative estimate of drug-likeness (QED) is 0.523. The third-order valence-electron chi connectivity index (χ3n) is 5.61. The number of ether oxygens (including phenoxy) is 3. The van der Waals surface area contributed by atoms with Gasteiger partial charge in [0.05, 0.1) is 32.4 Å². The summed E-state index contributed by atoms with van der Waals surface area (Å²) < 4.78 is 16.3. The van der Waals surface area contributed by atoms with Crippen LogP contribution in [-0.2, 0) is 16.0 Å². The molecule has 1 aromatic carbocycles. The molecule has 1 aromatic heterocycles. The highest BCUT2D eigenvalue weighted by Gasteiger charge is 2.33. The molecule has 0 fully saturated rings. The van der Waals surface area contributed by atoms with E-state index in [-0.39, 0.29) is 25.1 Å². The van der Waals surface area contributed by atoms with E-state index in [1.807, 2.05) is 34.1 Å². The number of thiophene rings is 1. The number of nitrogens with zero attached hydrogens (tertiary/aromatic N) is 2. The summed E-state index contributed by atoms with van der Waals surface area (Å²) in [6, 6.07) is 9.46. The van der Waals surface area contributed by atoms with Crippen molar-refractivity contribution in [1.82, 2.24) is 9.80 Å². The minimum Gasteiger partial charge on any atom is -0.497 e. The van der Waals surface area contributed by atoms with E-state index in [0.717, 1.165) is 30.9 Å². The van der Waals surface area contributed by atoms with Gasteiger partial charge in [-0.15, -0.1) is 11.3 Å². The molecule has 1 amide bonds. The fraction of sp³-hybridized carbons (Fsp3) is 0.542. The molecule has 3 rings (SSSR count). The molecule has 0 aliphatic carbocycles. The molecule has 1 N–H and O–H groups in total. The van der Waals surface area contributed by atoms with E-state index in [1.54, 1.807) is 25.6 Å². The van der Waals surface area contributed by atoms with Crippen LogP contribution in [0, 0.1) is 0 Å². The summed E-state index contributed by atoms with van der Waals surface area (Å²) in [6.45, 7) is 4.83. The molecule has 1 aliphatic heterocycles. The van der Waals surface area contributed by atoms with Crippen molar-refractivity contribution in [2.75, 3.05) is 53.6 Å². The maximum atomic E-state index is 13.4. The zero-order valence-corrected chi connectivity index (χ0v) is 20.0. The molecule has 0 saturated heterocycles. The second-order valence-corrected chi connectivity index (χ2v) is 8.98. The Hall–Kier alpha value is -2.13. The number of hydrogen-bond donors (Lipinski definition) is 1. The van der Waals surface area contributed by atoms with Crippen LogP contribution in [-0.4, -0.2) is 80.5 Å². The first kappa shape index (κ1) is 24.5. The number of benzene rings is 1. The fourth-order valence-corrected chi connectivity index (χ4v) is 5.03. The van der Waals surface area contributed by atoms with Crippen LogP contribution in [0.5, 0.6) is 11.5 Å². The summed E-state index contributed by atoms with van der Waals surface area (Å²) in [7, 11) is 3.20. The Labute approximate surface area is 194 Å². The highest BCUT2D eigenvalue weighted by atomic mass is 32.1. The molecule has 32 heavy (non-hydrogen) atoms. The van der Waals surface area contributed by atoms with E-state index in [1.165, 1.54) is 10.4 Å². The predicted octanol–water partition coefficient (Wildman–Crippen LogP) is 2.98. The summed E-state index contributed by atoms with van der Waals surface area (Å²) in [5, 5.41) is 12.2. The smallest absolute Gasteiger partial charge is 0.237 e. The molecule has 176 valence electrons. The molecule has 0 unspecified atom stereocenters. The topological polar surface area (TPSA) is 71.5 Å². The lowest BCUT2D eigenvalue weighted by molar-refractivity contribution is -0.136. The standard InChI is InChI=1S/C24H34N2O5S/c1-4-11-25(14-18(27)16-29-2)15-24(28)26-12-9-23-21(10-13-32-23)22(26)17-31-20-7-5-19(30-3)6-8-20/h5-8,10,13,18,22,27H,4,9,11-12,14-17H2,1-3H3/t18-,22+/m1/s1. The number of carbonyl (C=O) groups excluding carboxylic acids is 1. The lowest BCUT2D eigenvalue weighted by Gasteiger charge is -2.37. The second-order valence-electron chi connectivity index (χ2n) is 7.98. The SMILES string of the molecule is CCCN(CC(=O)N1CCc2sccc2[C@@H]1COc1ccc(OC)cc1)C[C@@H](O)COC. The van der Waals surface area contributed by atoms with Crippen LogP contribution in [0.1, 0.15) is 29.8 Å². The number of hydrogen-bond acceptors (Lipinski definition) is 7. The number of fused-ring (bicyclic) bond motifs is 1. The molecule has 0 radical (unpaired) electrons. The highest BCUT2D eigenvalue weighted by molar-refractivity contribution is 7.10. The zero-order valence-electron chi connectivity index (χ0n) is 19.2. The first-order chi connectivity index (χ1) is 15.5. The van der Waals surface area contributed by atoms with Crippen molar-refractivity contribution in [1.29, 1.82) is 0 Å². The number of methoxy groups -OCH3 is 2. The summed E-state index contributed by atoms with van der Waals surface area (Å²) >= 11 is 1.74. The van der Waals surface area contributed by atoms with Crippen LogP contribution in [0.25, 0.3) is 0 Å². The molecule has 1 aliphatic rings. The van der Waals surface area contributed by atoms with E-state index < -0.39 is 6.10 Å². The van der Waals surface area contributed by atoms with Crippen LogP contribution in [0.15, 0.2) is 35.7 Å². The minimum absolute atomic E-state index is 0.0586. The Kier molecular flexibility index (Phi) is 9.35. The average molecular weight is 463 g/mol. The molecule has 2 aromatic rings. The van der Waals surface area contributed by atoms with Gasteiger partial charge in [0.1, 0.15) is 18.1 Å². The number of carbonyl (C=O) groups is 1. The Bertz CT molecular complexity index is 841. The third kappa shape index (κ3) is 6.45. The van der Waals surface area contributed by atoms with Crippen molar-refractivity contribution in [3.63, 3.8) is 0 Å². The van der Waals surface area contributed by atoms with Gasteiger partial charge in [-0.1, -0.05) is 6.92 Å². The van der Waals surface area contributed by atoms with Crippen molar-refractivity contribution in [3.8, 4) is 11.5 Å². The van der Waals surface area contributed by atoms with Crippen molar-refractivity contribution in [3.05, 3.63) is 46.2 Å². The lowest BCUT2D eigenvalue weighted by Crippen LogP contribution is -2.48. The van der Waals surface area contributed by atoms with Gasteiger partial charge in [-0.05, 0) is 60.7 Å². The maximum absolute atomic E-state index is 13.4. The van der Waals surface area contributed by atoms with Crippen LogP contribution >= 0.6 is 11.3 Å². The van der Waals surface area contributed by atoms with E-state index in [9.17, 15) is 9.90 Å². The zero-order chi connectivity index (χ0) is 22.9. The summed E-state index contributed by atoms with van der Waals surface area (Å²) in [5.41, 5.74) is 1.17. The number of aliphatic hydroxyl groups excluding tert-OH is 1. The minimum atomic E-state index is -0.613. The Balaban J connectivity index is 1.70. The summed E-state index contributed by atoms with van der Waals surface area (Å²) in [5.74, 6) is 1.58. The van der Waals surface area contributed by atoms with Gasteiger partial charge in [-0.3, -0.25) is 9.69 Å². The molecule has 2 atom stereocenters. The van der Waals surface area contributed by atoms with Crippen molar-refractivity contribution in [2.45, 2.75) is 31.9 Å². The van der Waals surface area contributed by atoms with Gasteiger partial charge in [-0.2, -0.15) is 0 Å². The van der Waals surface area contributed by atoms with E-state index in [0.29, 0.717) is 19.7 Å². The third-order valence-corrected chi connectivity index (χ3v) is 6.61. The van der Waals surface area contributed by atoms with Gasteiger partial charge in [0.15, 0.2) is 0 Å². The number of rotatable bonds is 12. The van der Waals surface area contributed by atoms with Gasteiger partial charge in [0.25, 0.3) is 0 Å². The predicted molar refractivity (Wildman–Crippen MR) is 126 cm³/mol. The Morgan fingerprint density at radius 2 is 2.00 bits per heavy atom. The van der Waals surface area contributed by atoms with Gasteiger partial charge in [-0.25, -0.2) is 0 Å². The van der Waals surface area contributed by atoms with E-state index in [2.05, 4.69) is 18.4 Å². The average Bonchev–Trinajstić information content (AvgIpc) is 3.27. The fourth-order valence-electron chi connectivity index (χ4n) is 4.10. The van der Waals surface area contributed by atoms with Crippen LogP contribution in [0.3, 0.4) is 0 Å². The highest BCUT2D eigenvalue weighted by Crippen LogP contribution is 2.34. The van der Waals surface area contributed by atoms with Crippen molar-refractivity contribution >= 4 is 17.2 Å². The van der Waals surface area contributed by atoms with E-state index >= 15 is 0 Å². The van der Waals surface area contributed by atoms with Crippen LogP contribution in [0.4, 0.5) is 0 Å². The van der Waals surface area contributed by atoms with Gasteiger partial charge >= 0.3 is 0 Å². The molecule has 7 nitrogen and oxygen atoms in total. The lowest BCUT2D eigenvalue weighted by atomic mass is 10.0. The largest absolute Gasteiger partial charge is 0.497 e. The first-order valence-electron chi connectivity index (χ1n) is 11.1. The summed E-state index contributed by atoms with van der Waals surface area (Å²) in [4.78, 5) is 18.6. The molecular formula is C24H34N2O5S. The van der Waals surface area contributed by atoms with Crippen molar-refractivity contribution in [2.24, 2.45) is 0 Å². The van der Waals surface area contributed by atoms with Gasteiger partial charge in [0.2, 0.25) is 5.91 Å². The van der Waals surface area contributed by atoms with Gasteiger partial charge < -0.3 is 24.2 Å². The van der Waals surface area contributed by atoms with E-state index in [4.69, 9.17) is 14.2 Å². The molecule has 0 bridgehead atoms. The Morgan fingerprint density at radius 1 is 1.25 bits per heavy atom. The normalized spacial score (nSPS) is 16.7. The Morgan fingerprint density at radius 3 is 2.69 bits per heavy atom. The molecule has 0 saturated carbocycles. The molecule has 8 heteroatoms. The monoisotopic (exact) mass is 462 g/mol. The molecule has 2 heterocycles. The summed E-state index contributed by atoms with van der Waals surface area (Å²) in [6.07, 6.45) is 1.15. The molecule has 0 spiro atoms. The number of aliphatic hydroxyl groups is 1. The maximum Gasteiger partial charge on any atom is 0.237 e. The van der Waals surface area contributed by atoms with Crippen molar-refractivity contribution < 1.29 is 24.1 Å². The molecular weight excluding hydrogens is 428 g/mol.